The zero-order chi connectivity index (χ0) is 24.3. The van der Waals surface area contributed by atoms with E-state index in [0.29, 0.717) is 33.4 Å². The minimum atomic E-state index is -0.776. The number of methoxy groups -OCH3 is 2. The van der Waals surface area contributed by atoms with Crippen LogP contribution in [0.1, 0.15) is 10.4 Å². The molecule has 0 aliphatic carbocycles. The molecule has 0 bridgehead atoms. The molecule has 1 heterocycles. The van der Waals surface area contributed by atoms with Crippen LogP contribution in [0, 0.1) is 20.2 Å². The summed E-state index contributed by atoms with van der Waals surface area (Å²) in [6, 6.07) is 6.27. The summed E-state index contributed by atoms with van der Waals surface area (Å²) < 4.78 is 11.4. The van der Waals surface area contributed by atoms with Crippen LogP contribution in [0.3, 0.4) is 0 Å². The topological polar surface area (TPSA) is 141 Å². The Labute approximate surface area is 192 Å². The van der Waals surface area contributed by atoms with Crippen LogP contribution in [0.5, 0.6) is 11.5 Å². The number of thiazole rings is 1. The molecule has 0 spiro atoms. The smallest absolute Gasteiger partial charge is 0.277 e. The van der Waals surface area contributed by atoms with E-state index in [1.54, 1.807) is 12.1 Å². The second-order valence-electron chi connectivity index (χ2n) is 7.16. The number of hydrogen-bond acceptors (Lipinski definition) is 10. The standard InChI is InChI=1S/C20H21N5O7S/c1-22(2)7-8-23(19(26)12-9-13(24(27)28)11-14(10-12)25(29)30)20-21-17-15(31-3)5-6-16(32-4)18(17)33-20/h5-6,9-11H,7-8H2,1-4H3. The van der Waals surface area contributed by atoms with Crippen molar-refractivity contribution in [3.63, 3.8) is 0 Å². The van der Waals surface area contributed by atoms with Crippen LogP contribution in [0.25, 0.3) is 10.2 Å². The highest BCUT2D eigenvalue weighted by atomic mass is 32.1. The third-order valence-corrected chi connectivity index (χ3v) is 5.81. The van der Waals surface area contributed by atoms with Gasteiger partial charge in [-0.25, -0.2) is 4.98 Å². The fourth-order valence-electron chi connectivity index (χ4n) is 3.06. The first-order chi connectivity index (χ1) is 15.7. The number of ether oxygens (including phenoxy) is 2. The van der Waals surface area contributed by atoms with Gasteiger partial charge in [-0.2, -0.15) is 0 Å². The Balaban J connectivity index is 2.15. The van der Waals surface area contributed by atoms with Crippen LogP contribution < -0.4 is 14.4 Å². The molecule has 1 amide bonds. The number of non-ortho nitro benzene ring substituents is 2. The number of aromatic nitrogens is 1. The molecule has 0 atom stereocenters. The number of rotatable bonds is 9. The molecule has 0 saturated carbocycles. The van der Waals surface area contributed by atoms with Crippen molar-refractivity contribution >= 4 is 44.0 Å². The maximum atomic E-state index is 13.5. The monoisotopic (exact) mass is 475 g/mol. The van der Waals surface area contributed by atoms with Gasteiger partial charge in [0.15, 0.2) is 5.13 Å². The molecule has 174 valence electrons. The van der Waals surface area contributed by atoms with Crippen molar-refractivity contribution in [2.24, 2.45) is 0 Å². The Kier molecular flexibility index (Phi) is 7.04. The lowest BCUT2D eigenvalue weighted by atomic mass is 10.1. The zero-order valence-electron chi connectivity index (χ0n) is 18.3. The van der Waals surface area contributed by atoms with Gasteiger partial charge < -0.3 is 14.4 Å². The Morgan fingerprint density at radius 2 is 1.58 bits per heavy atom. The van der Waals surface area contributed by atoms with Gasteiger partial charge in [-0.15, -0.1) is 0 Å². The first-order valence-corrected chi connectivity index (χ1v) is 10.4. The van der Waals surface area contributed by atoms with Crippen molar-refractivity contribution in [1.29, 1.82) is 0 Å². The molecule has 2 aromatic carbocycles. The van der Waals surface area contributed by atoms with Gasteiger partial charge in [0.05, 0.1) is 35.7 Å². The maximum absolute atomic E-state index is 13.5. The van der Waals surface area contributed by atoms with Gasteiger partial charge in [0, 0.05) is 25.2 Å². The van der Waals surface area contributed by atoms with Gasteiger partial charge in [0.1, 0.15) is 21.7 Å². The van der Waals surface area contributed by atoms with E-state index in [2.05, 4.69) is 4.98 Å². The first kappa shape index (κ1) is 23.8. The number of anilines is 1. The second kappa shape index (κ2) is 9.75. The Morgan fingerprint density at radius 3 is 2.09 bits per heavy atom. The van der Waals surface area contributed by atoms with Crippen molar-refractivity contribution in [3.05, 3.63) is 56.1 Å². The molecular weight excluding hydrogens is 454 g/mol. The number of fused-ring (bicyclic) bond motifs is 1. The van der Waals surface area contributed by atoms with E-state index in [0.717, 1.165) is 18.2 Å². The summed E-state index contributed by atoms with van der Waals surface area (Å²) >= 11 is 1.18. The quantitative estimate of drug-likeness (QED) is 0.336. The summed E-state index contributed by atoms with van der Waals surface area (Å²) in [6.45, 7) is 0.639. The van der Waals surface area contributed by atoms with Crippen molar-refractivity contribution in [3.8, 4) is 11.5 Å². The van der Waals surface area contributed by atoms with Gasteiger partial charge >= 0.3 is 0 Å². The highest BCUT2D eigenvalue weighted by Crippen LogP contribution is 2.40. The van der Waals surface area contributed by atoms with E-state index < -0.39 is 27.1 Å². The van der Waals surface area contributed by atoms with E-state index in [4.69, 9.17) is 9.47 Å². The first-order valence-electron chi connectivity index (χ1n) is 9.58. The number of hydrogen-bond donors (Lipinski definition) is 0. The molecule has 0 aliphatic rings. The van der Waals surface area contributed by atoms with E-state index in [1.807, 2.05) is 19.0 Å². The van der Waals surface area contributed by atoms with E-state index >= 15 is 0 Å². The average Bonchev–Trinajstić information content (AvgIpc) is 3.22. The highest BCUT2D eigenvalue weighted by Gasteiger charge is 2.27. The lowest BCUT2D eigenvalue weighted by Gasteiger charge is -2.22. The van der Waals surface area contributed by atoms with Crippen LogP contribution in [0.4, 0.5) is 16.5 Å². The number of nitro groups is 2. The molecule has 13 heteroatoms. The predicted molar refractivity (Wildman–Crippen MR) is 123 cm³/mol. The third-order valence-electron chi connectivity index (χ3n) is 4.72. The van der Waals surface area contributed by atoms with E-state index in [1.165, 1.54) is 30.5 Å². The largest absolute Gasteiger partial charge is 0.495 e. The number of amides is 1. The normalized spacial score (nSPS) is 10.9. The molecule has 0 unspecified atom stereocenters. The third kappa shape index (κ3) is 4.99. The van der Waals surface area contributed by atoms with Crippen molar-refractivity contribution in [2.75, 3.05) is 46.3 Å². The van der Waals surface area contributed by atoms with Gasteiger partial charge in [-0.05, 0) is 26.2 Å². The lowest BCUT2D eigenvalue weighted by molar-refractivity contribution is -0.394. The van der Waals surface area contributed by atoms with Crippen LogP contribution >= 0.6 is 11.3 Å². The van der Waals surface area contributed by atoms with E-state index in [9.17, 15) is 25.0 Å². The van der Waals surface area contributed by atoms with Crippen LogP contribution in [0.2, 0.25) is 0 Å². The number of carbonyl (C=O) groups is 1. The SMILES string of the molecule is COc1ccc(OC)c2sc(N(CCN(C)C)C(=O)c3cc([N+](=O)[O-])cc([N+](=O)[O-])c3)nc12. The lowest BCUT2D eigenvalue weighted by Crippen LogP contribution is -2.36. The summed E-state index contributed by atoms with van der Waals surface area (Å²) in [5, 5.41) is 22.9. The number of nitrogens with zero attached hydrogens (tertiary/aromatic N) is 5. The van der Waals surface area contributed by atoms with Gasteiger partial charge in [0.25, 0.3) is 17.3 Å². The molecule has 1 aromatic heterocycles. The fourth-order valence-corrected chi connectivity index (χ4v) is 4.16. The molecule has 3 aromatic rings. The summed E-state index contributed by atoms with van der Waals surface area (Å²) in [5.74, 6) is 0.375. The summed E-state index contributed by atoms with van der Waals surface area (Å²) in [4.78, 5) is 42.2. The molecule has 0 aliphatic heterocycles. The average molecular weight is 475 g/mol. The number of likely N-dealkylation sites (N-methyl/N-ethyl adjacent to an activating group) is 1. The molecule has 33 heavy (non-hydrogen) atoms. The Morgan fingerprint density at radius 1 is 1.00 bits per heavy atom. The number of benzene rings is 2. The molecule has 3 rings (SSSR count). The van der Waals surface area contributed by atoms with E-state index in [-0.39, 0.29) is 12.1 Å². The summed E-state index contributed by atoms with van der Waals surface area (Å²) in [6.07, 6.45) is 0. The molecule has 12 nitrogen and oxygen atoms in total. The summed E-state index contributed by atoms with van der Waals surface area (Å²) in [7, 11) is 6.66. The number of carbonyl (C=O) groups excluding carboxylic acids is 1. The van der Waals surface area contributed by atoms with Crippen LogP contribution in [-0.4, -0.2) is 67.0 Å². The minimum absolute atomic E-state index is 0.187. The maximum Gasteiger partial charge on any atom is 0.277 e. The molecule has 0 fully saturated rings. The minimum Gasteiger partial charge on any atom is -0.495 e. The predicted octanol–water partition coefficient (Wildman–Crippen LogP) is 3.34. The van der Waals surface area contributed by atoms with Gasteiger partial charge in [-0.3, -0.25) is 29.9 Å². The van der Waals surface area contributed by atoms with Gasteiger partial charge in [-0.1, -0.05) is 11.3 Å². The summed E-state index contributed by atoms with van der Waals surface area (Å²) in [5.41, 5.74) is -0.794. The molecule has 0 saturated heterocycles. The Hall–Kier alpha value is -3.84. The van der Waals surface area contributed by atoms with Gasteiger partial charge in [0.2, 0.25) is 0 Å². The molecular formula is C20H21N5O7S. The van der Waals surface area contributed by atoms with Crippen molar-refractivity contribution in [2.45, 2.75) is 0 Å². The second-order valence-corrected chi connectivity index (χ2v) is 8.13. The van der Waals surface area contributed by atoms with Crippen molar-refractivity contribution in [1.82, 2.24) is 9.88 Å². The number of nitro benzene ring substituents is 2. The highest BCUT2D eigenvalue weighted by molar-refractivity contribution is 7.22. The fraction of sp³-hybridized carbons (Fsp3) is 0.300. The van der Waals surface area contributed by atoms with Crippen LogP contribution in [0.15, 0.2) is 30.3 Å². The zero-order valence-corrected chi connectivity index (χ0v) is 19.1. The van der Waals surface area contributed by atoms with Crippen molar-refractivity contribution < 1.29 is 24.1 Å². The molecule has 0 N–H and O–H groups in total. The Bertz CT molecular complexity index is 1150. The van der Waals surface area contributed by atoms with Crippen LogP contribution in [-0.2, 0) is 0 Å². The molecule has 0 radical (unpaired) electrons.